The van der Waals surface area contributed by atoms with Crippen LogP contribution in [0.4, 0.5) is 0 Å². The summed E-state index contributed by atoms with van der Waals surface area (Å²) in [6, 6.07) is 0. The van der Waals surface area contributed by atoms with Crippen LogP contribution >= 0.6 is 34.8 Å². The Balaban J connectivity index is 0.00000448. The minimum Gasteiger partial charge on any atom is -0.478 e. The van der Waals surface area contributed by atoms with E-state index in [1.54, 1.807) is 6.92 Å². The number of hydrogen-bond donors (Lipinski definition) is 16. The number of carboxylic acid groups (broad SMARTS) is 1. The number of halogens is 3. The van der Waals surface area contributed by atoms with Gasteiger partial charge in [-0.25, -0.2) is 4.79 Å². The molecule has 0 radical (unpaired) electrons. The maximum atomic E-state index is 14.2. The van der Waals surface area contributed by atoms with Crippen LogP contribution in [0.15, 0.2) is 28.3 Å². The number of nitrogens with zero attached hydrogens (tertiary/aromatic N) is 1. The molecule has 0 aromatic carbocycles. The van der Waals surface area contributed by atoms with Gasteiger partial charge in [0.05, 0.1) is 73.6 Å². The van der Waals surface area contributed by atoms with E-state index in [-0.39, 0.29) is 49.9 Å². The number of alkyl halides is 3. The lowest BCUT2D eigenvalue weighted by atomic mass is 9.84. The Morgan fingerprint density at radius 3 is 1.85 bits per heavy atom. The van der Waals surface area contributed by atoms with E-state index in [4.69, 9.17) is 65.6 Å². The minimum absolute atomic E-state index is 0.0266. The van der Waals surface area contributed by atoms with Gasteiger partial charge in [0.1, 0.15) is 30.5 Å². The molecule has 1 fully saturated rings. The average molecular weight is 1240 g/mol. The predicted octanol–water partition coefficient (Wildman–Crippen LogP) is 3.69. The molecule has 2 aliphatic rings. The summed E-state index contributed by atoms with van der Waals surface area (Å²) in [7, 11) is 0. The minimum atomic E-state index is -2.17. The van der Waals surface area contributed by atoms with Crippen molar-refractivity contribution in [3.63, 3.8) is 0 Å². The highest BCUT2D eigenvalue weighted by Gasteiger charge is 2.45. The Labute approximate surface area is 500 Å². The zero-order valence-corrected chi connectivity index (χ0v) is 51.3. The maximum absolute atomic E-state index is 14.2. The first-order valence-corrected chi connectivity index (χ1v) is 30.5. The average Bonchev–Trinajstić information content (AvgIpc) is 3.70. The van der Waals surface area contributed by atoms with Gasteiger partial charge in [-0.15, -0.1) is 0 Å². The molecule has 0 aliphatic carbocycles. The van der Waals surface area contributed by atoms with Crippen molar-refractivity contribution in [3.05, 3.63) is 23.3 Å². The number of aliphatic carboxylic acids is 1. The Morgan fingerprint density at radius 1 is 0.756 bits per heavy atom. The normalized spacial score (nSPS) is 36.4. The molecule has 0 spiro atoms. The number of aliphatic imine (C=N–C) groups is 1. The lowest BCUT2D eigenvalue weighted by Gasteiger charge is -2.34. The summed E-state index contributed by atoms with van der Waals surface area (Å²) in [4.78, 5) is 27.9. The molecule has 25 heteroatoms. The number of carbonyl (C=O) groups is 2. The molecule has 18 N–H and O–H groups in total. The zero-order valence-electron chi connectivity index (χ0n) is 49.0. The molecular weight excluding hydrogens is 1140 g/mol. The highest BCUT2D eigenvalue weighted by Crippen LogP contribution is 2.32. The number of aliphatic hydroxyl groups excluding tert-OH is 13. The first kappa shape index (κ1) is 78.0. The van der Waals surface area contributed by atoms with Crippen molar-refractivity contribution in [1.82, 2.24) is 0 Å². The van der Waals surface area contributed by atoms with Crippen molar-refractivity contribution in [1.29, 1.82) is 0 Å². The van der Waals surface area contributed by atoms with Crippen molar-refractivity contribution >= 4 is 52.7 Å². The van der Waals surface area contributed by atoms with Crippen LogP contribution in [0.3, 0.4) is 0 Å². The Morgan fingerprint density at radius 2 is 1.30 bits per heavy atom. The van der Waals surface area contributed by atoms with Crippen molar-refractivity contribution < 1.29 is 95.3 Å². The number of cyclic esters (lactones) is 1. The van der Waals surface area contributed by atoms with Gasteiger partial charge in [-0.05, 0) is 134 Å². The summed E-state index contributed by atoms with van der Waals surface area (Å²) in [6.07, 6.45) is -7.42. The number of nitrogens with two attached hydrogens (primary N) is 2. The fraction of sp³-hybridized carbons (Fsp3) is 0.877. The van der Waals surface area contributed by atoms with Crippen molar-refractivity contribution in [2.45, 2.75) is 278 Å². The van der Waals surface area contributed by atoms with Gasteiger partial charge in [-0.3, -0.25) is 9.79 Å². The topological polar surface area (TPSA) is 409 Å². The molecule has 22 nitrogen and oxygen atoms in total. The van der Waals surface area contributed by atoms with Gasteiger partial charge in [-0.1, -0.05) is 99.5 Å². The highest BCUT2D eigenvalue weighted by molar-refractivity contribution is 6.75. The number of ether oxygens (including phenoxy) is 3. The highest BCUT2D eigenvalue weighted by atomic mass is 35.6. The molecule has 0 bridgehead atoms. The molecule has 2 aliphatic heterocycles. The molecule has 2 rings (SSSR count). The van der Waals surface area contributed by atoms with E-state index < -0.39 is 132 Å². The fourth-order valence-corrected chi connectivity index (χ4v) is 10.3. The predicted molar refractivity (Wildman–Crippen MR) is 312 cm³/mol. The molecule has 0 aromatic rings. The van der Waals surface area contributed by atoms with E-state index in [2.05, 4.69) is 4.99 Å². The van der Waals surface area contributed by atoms with Gasteiger partial charge in [0, 0.05) is 24.8 Å². The Kier molecular flexibility index (Phi) is 39.2. The molecular formula is C57H104Cl3N3O19. The monoisotopic (exact) mass is 1240 g/mol. The molecule has 82 heavy (non-hydrogen) atoms. The number of carboxylic acids is 1. The van der Waals surface area contributed by atoms with E-state index >= 15 is 0 Å². The summed E-state index contributed by atoms with van der Waals surface area (Å²) in [5, 5.41) is 149. The molecule has 0 saturated carbocycles. The van der Waals surface area contributed by atoms with Gasteiger partial charge in [0.2, 0.25) is 0 Å². The van der Waals surface area contributed by atoms with Crippen LogP contribution in [-0.4, -0.2) is 204 Å². The number of carbonyl (C=O) groups excluding carboxylic acids is 1. The first-order valence-electron chi connectivity index (χ1n) is 29.3. The molecule has 482 valence electrons. The molecule has 20 atom stereocenters. The van der Waals surface area contributed by atoms with Gasteiger partial charge in [0.25, 0.3) is 3.79 Å². The SMILES string of the molecule is CCCCC1C(=O)OC(C(C)C(O)CCCN=C(N)N)C(C)/C=C(\C)CCCCC(O)CC(O)CC(O)CC(O)CC(O)C(O[C@H]2O[C@H](CO)[C@@H](O)[C@@H]2O)/C=C(\C)C(O)CCCC(O)CCCC(O)CCC(C)C1O.O=C(O)C(Cl)(Cl)Cl. The number of aliphatic hydroxyl groups is 13. The summed E-state index contributed by atoms with van der Waals surface area (Å²) in [5.74, 6) is -4.10. The number of rotatable bonds is 12. The van der Waals surface area contributed by atoms with Crippen LogP contribution in [0.1, 0.15) is 176 Å². The van der Waals surface area contributed by atoms with E-state index in [9.17, 15) is 76.0 Å². The van der Waals surface area contributed by atoms with Crippen molar-refractivity contribution in [2.75, 3.05) is 13.2 Å². The van der Waals surface area contributed by atoms with E-state index in [0.717, 1.165) is 12.0 Å². The molecule has 1 saturated heterocycles. The lowest BCUT2D eigenvalue weighted by molar-refractivity contribution is -0.202. The smallest absolute Gasteiger partial charge is 0.356 e. The van der Waals surface area contributed by atoms with Gasteiger partial charge >= 0.3 is 11.9 Å². The van der Waals surface area contributed by atoms with Crippen LogP contribution in [0.25, 0.3) is 0 Å². The van der Waals surface area contributed by atoms with Crippen LogP contribution in [0.2, 0.25) is 0 Å². The fourth-order valence-electron chi connectivity index (χ4n) is 10.3. The van der Waals surface area contributed by atoms with Crippen molar-refractivity contribution in [3.8, 4) is 0 Å². The second-order valence-corrected chi connectivity index (χ2v) is 25.3. The number of guanidine groups is 1. The third-order valence-electron chi connectivity index (χ3n) is 15.5. The van der Waals surface area contributed by atoms with E-state index in [0.29, 0.717) is 108 Å². The molecule has 0 aromatic heterocycles. The van der Waals surface area contributed by atoms with Gasteiger partial charge < -0.3 is 97.2 Å². The van der Waals surface area contributed by atoms with Crippen LogP contribution in [0, 0.1) is 23.7 Å². The zero-order chi connectivity index (χ0) is 62.4. The number of hydrogen-bond acceptors (Lipinski definition) is 19. The summed E-state index contributed by atoms with van der Waals surface area (Å²) in [5.41, 5.74) is 12.4. The molecule has 16 unspecified atom stereocenters. The van der Waals surface area contributed by atoms with E-state index in [1.165, 1.54) is 6.08 Å². The van der Waals surface area contributed by atoms with Crippen LogP contribution in [-0.2, 0) is 23.8 Å². The number of esters is 1. The second kappa shape index (κ2) is 41.2. The summed E-state index contributed by atoms with van der Waals surface area (Å²) < 4.78 is 15.5. The standard InChI is InChI=1S/C55H103N3O17.C2HCl3O2/c1-7-8-19-43-49(69)33(3)22-23-38(61)17-11-16-37(60)18-12-20-44(66)34(4)26-47(73-54-51(71)50(70)48(31-59)74-54)46(68)30-42(65)29-41(64)28-40(63)27-39(62)15-10-9-14-32(2)25-35(5)52(75-53(43)72)36(6)45(67)21-13-24-58-55(56)57;3-2(4,5)1(6)7/h25-26,33,35-52,54,59-71H,7-24,27-31H2,1-6H3,(H4,56,57,58);(H,6,7)/b32-25+,34-26+;/t33?,35?,36?,37?,38?,39?,40?,41?,42?,43?,44?,45?,46?,47?,48-,49?,50-,51+,52?,54+;/m1./s1. The third-order valence-corrected chi connectivity index (χ3v) is 16.0. The molecule has 0 amide bonds. The Bertz CT molecular complexity index is 1850. The summed E-state index contributed by atoms with van der Waals surface area (Å²) >= 11 is 14.4. The lowest BCUT2D eigenvalue weighted by Crippen LogP contribution is -2.42. The first-order chi connectivity index (χ1) is 38.3. The molecule has 2 heterocycles. The Hall–Kier alpha value is -2.04. The third kappa shape index (κ3) is 31.6. The van der Waals surface area contributed by atoms with Crippen molar-refractivity contribution in [2.24, 2.45) is 40.1 Å². The van der Waals surface area contributed by atoms with Gasteiger partial charge in [-0.2, -0.15) is 0 Å². The van der Waals surface area contributed by atoms with E-state index in [1.807, 2.05) is 40.7 Å². The largest absolute Gasteiger partial charge is 0.478 e. The number of allylic oxidation sites excluding steroid dienone is 1. The van der Waals surface area contributed by atoms with Crippen LogP contribution < -0.4 is 11.5 Å². The second-order valence-electron chi connectivity index (χ2n) is 23.0. The summed E-state index contributed by atoms with van der Waals surface area (Å²) in [6.45, 7) is 10.9. The van der Waals surface area contributed by atoms with Gasteiger partial charge in [0.15, 0.2) is 12.2 Å². The van der Waals surface area contributed by atoms with Crippen LogP contribution in [0.5, 0.6) is 0 Å². The maximum Gasteiger partial charge on any atom is 0.356 e. The quantitative estimate of drug-likeness (QED) is 0.0331. The number of unbranched alkanes of at least 4 members (excludes halogenated alkanes) is 1.